The van der Waals surface area contributed by atoms with E-state index in [1.165, 1.54) is 0 Å². The van der Waals surface area contributed by atoms with Crippen LogP contribution < -0.4 is 0 Å². The maximum atomic E-state index is 12.6. The average molecular weight is 358 g/mol. The Morgan fingerprint density at radius 2 is 1.73 bits per heavy atom. The predicted molar refractivity (Wildman–Crippen MR) is 100 cm³/mol. The Morgan fingerprint density at radius 1 is 1.04 bits per heavy atom. The van der Waals surface area contributed by atoms with Gasteiger partial charge in [0.15, 0.2) is 0 Å². The Labute approximate surface area is 155 Å². The first-order valence-corrected chi connectivity index (χ1v) is 10.1. The minimum atomic E-state index is -0.302. The summed E-state index contributed by atoms with van der Waals surface area (Å²) in [6.45, 7) is 4.44. The van der Waals surface area contributed by atoms with E-state index >= 15 is 0 Å². The van der Waals surface area contributed by atoms with Gasteiger partial charge in [-0.05, 0) is 50.7 Å². The SMILES string of the molecule is O=C(c1ccccc1)N1CCC(N2CCC3(CC2)OCCC[C@H]3O)CC1. The molecule has 5 heteroatoms. The third-order valence-electron chi connectivity index (χ3n) is 6.55. The molecular formula is C21H30N2O3. The van der Waals surface area contributed by atoms with Crippen molar-refractivity contribution in [3.05, 3.63) is 35.9 Å². The zero-order chi connectivity index (χ0) is 18.0. The van der Waals surface area contributed by atoms with Gasteiger partial charge in [0.2, 0.25) is 0 Å². The summed E-state index contributed by atoms with van der Waals surface area (Å²) in [6.07, 6.45) is 5.47. The second kappa shape index (κ2) is 7.67. The Morgan fingerprint density at radius 3 is 2.38 bits per heavy atom. The first-order valence-electron chi connectivity index (χ1n) is 10.1. The van der Waals surface area contributed by atoms with Crippen molar-refractivity contribution in [2.45, 2.75) is 56.3 Å². The highest BCUT2D eigenvalue weighted by Crippen LogP contribution is 2.36. The van der Waals surface area contributed by atoms with Gasteiger partial charge in [-0.15, -0.1) is 0 Å². The zero-order valence-electron chi connectivity index (χ0n) is 15.5. The number of carbonyl (C=O) groups is 1. The van der Waals surface area contributed by atoms with Gasteiger partial charge >= 0.3 is 0 Å². The number of aliphatic hydroxyl groups is 1. The number of ether oxygens (including phenoxy) is 1. The maximum Gasteiger partial charge on any atom is 0.253 e. The van der Waals surface area contributed by atoms with Gasteiger partial charge in [-0.25, -0.2) is 0 Å². The van der Waals surface area contributed by atoms with Crippen LogP contribution in [0, 0.1) is 0 Å². The second-order valence-corrected chi connectivity index (χ2v) is 8.00. The molecule has 0 saturated carbocycles. The van der Waals surface area contributed by atoms with Crippen LogP contribution in [-0.2, 0) is 4.74 Å². The van der Waals surface area contributed by atoms with E-state index in [1.807, 2.05) is 35.2 Å². The summed E-state index contributed by atoms with van der Waals surface area (Å²) in [7, 11) is 0. The fourth-order valence-electron chi connectivity index (χ4n) is 4.85. The van der Waals surface area contributed by atoms with Crippen molar-refractivity contribution >= 4 is 5.91 Å². The quantitative estimate of drug-likeness (QED) is 0.881. The fraction of sp³-hybridized carbons (Fsp3) is 0.667. The molecule has 5 nitrogen and oxygen atoms in total. The molecule has 142 valence electrons. The highest BCUT2D eigenvalue weighted by atomic mass is 16.5. The molecule has 1 atom stereocenters. The van der Waals surface area contributed by atoms with Gasteiger partial charge in [-0.2, -0.15) is 0 Å². The molecule has 4 rings (SSSR count). The monoisotopic (exact) mass is 358 g/mol. The molecule has 0 bridgehead atoms. The molecule has 1 spiro atoms. The number of piperidine rings is 2. The lowest BCUT2D eigenvalue weighted by Gasteiger charge is -2.49. The molecular weight excluding hydrogens is 328 g/mol. The zero-order valence-corrected chi connectivity index (χ0v) is 15.5. The van der Waals surface area contributed by atoms with E-state index in [0.29, 0.717) is 6.04 Å². The van der Waals surface area contributed by atoms with E-state index in [9.17, 15) is 9.90 Å². The third kappa shape index (κ3) is 3.53. The molecule has 3 saturated heterocycles. The molecule has 1 amide bonds. The number of aliphatic hydroxyl groups excluding tert-OH is 1. The molecule has 3 heterocycles. The number of carbonyl (C=O) groups excluding carboxylic acids is 1. The Hall–Kier alpha value is -1.43. The van der Waals surface area contributed by atoms with Gasteiger partial charge in [0.1, 0.15) is 0 Å². The number of rotatable bonds is 2. The Kier molecular flexibility index (Phi) is 5.30. The molecule has 0 radical (unpaired) electrons. The minimum absolute atomic E-state index is 0.153. The van der Waals surface area contributed by atoms with Crippen LogP contribution in [0.15, 0.2) is 30.3 Å². The van der Waals surface area contributed by atoms with E-state index in [-0.39, 0.29) is 17.6 Å². The van der Waals surface area contributed by atoms with Crippen molar-refractivity contribution < 1.29 is 14.6 Å². The number of hydrogen-bond donors (Lipinski definition) is 1. The summed E-state index contributed by atoms with van der Waals surface area (Å²) < 4.78 is 6.02. The van der Waals surface area contributed by atoms with Gasteiger partial charge in [-0.3, -0.25) is 4.79 Å². The van der Waals surface area contributed by atoms with E-state index in [4.69, 9.17) is 4.74 Å². The van der Waals surface area contributed by atoms with Crippen LogP contribution >= 0.6 is 0 Å². The fourth-order valence-corrected chi connectivity index (χ4v) is 4.85. The Balaban J connectivity index is 1.29. The summed E-state index contributed by atoms with van der Waals surface area (Å²) in [4.78, 5) is 17.1. The smallest absolute Gasteiger partial charge is 0.253 e. The summed E-state index contributed by atoms with van der Waals surface area (Å²) in [6, 6.07) is 10.1. The molecule has 3 aliphatic heterocycles. The van der Waals surface area contributed by atoms with E-state index in [0.717, 1.165) is 76.9 Å². The standard InChI is InChI=1S/C21H30N2O3/c24-19-7-4-16-26-21(19)10-14-22(15-11-21)18-8-12-23(13-9-18)20(25)17-5-2-1-3-6-17/h1-3,5-6,18-19,24H,4,7-16H2/t19-/m1/s1. The maximum absolute atomic E-state index is 12.6. The molecule has 3 aliphatic rings. The van der Waals surface area contributed by atoms with Crippen LogP contribution in [0.2, 0.25) is 0 Å². The molecule has 3 fully saturated rings. The van der Waals surface area contributed by atoms with Gasteiger partial charge < -0.3 is 19.6 Å². The van der Waals surface area contributed by atoms with Crippen LogP contribution in [0.4, 0.5) is 0 Å². The van der Waals surface area contributed by atoms with Crippen LogP contribution in [-0.4, -0.2) is 71.3 Å². The first kappa shape index (κ1) is 18.0. The molecule has 0 unspecified atom stereocenters. The normalized spacial score (nSPS) is 27.6. The summed E-state index contributed by atoms with van der Waals surface area (Å²) >= 11 is 0. The summed E-state index contributed by atoms with van der Waals surface area (Å²) in [5.74, 6) is 0.153. The van der Waals surface area contributed by atoms with Crippen molar-refractivity contribution in [3.8, 4) is 0 Å². The van der Waals surface area contributed by atoms with Crippen LogP contribution in [0.5, 0.6) is 0 Å². The van der Waals surface area contributed by atoms with Crippen LogP contribution in [0.3, 0.4) is 0 Å². The lowest BCUT2D eigenvalue weighted by atomic mass is 9.81. The highest BCUT2D eigenvalue weighted by Gasteiger charge is 2.44. The minimum Gasteiger partial charge on any atom is -0.390 e. The second-order valence-electron chi connectivity index (χ2n) is 8.00. The molecule has 26 heavy (non-hydrogen) atoms. The number of hydrogen-bond acceptors (Lipinski definition) is 4. The molecule has 0 aromatic heterocycles. The van der Waals surface area contributed by atoms with E-state index in [2.05, 4.69) is 4.90 Å². The molecule has 0 aliphatic carbocycles. The van der Waals surface area contributed by atoms with E-state index < -0.39 is 0 Å². The van der Waals surface area contributed by atoms with Crippen LogP contribution in [0.1, 0.15) is 48.9 Å². The highest BCUT2D eigenvalue weighted by molar-refractivity contribution is 5.94. The number of benzene rings is 1. The molecule has 1 aromatic carbocycles. The van der Waals surface area contributed by atoms with Gasteiger partial charge in [0.25, 0.3) is 5.91 Å². The van der Waals surface area contributed by atoms with Crippen molar-refractivity contribution in [2.75, 3.05) is 32.8 Å². The number of amides is 1. The van der Waals surface area contributed by atoms with Crippen molar-refractivity contribution in [1.29, 1.82) is 0 Å². The number of nitrogens with zero attached hydrogens (tertiary/aromatic N) is 2. The van der Waals surface area contributed by atoms with Crippen molar-refractivity contribution in [3.63, 3.8) is 0 Å². The summed E-state index contributed by atoms with van der Waals surface area (Å²) in [5.41, 5.74) is 0.493. The molecule has 1 aromatic rings. The lowest BCUT2D eigenvalue weighted by Crippen LogP contribution is -2.57. The number of likely N-dealkylation sites (tertiary alicyclic amines) is 2. The van der Waals surface area contributed by atoms with Crippen molar-refractivity contribution in [2.24, 2.45) is 0 Å². The van der Waals surface area contributed by atoms with Crippen LogP contribution in [0.25, 0.3) is 0 Å². The van der Waals surface area contributed by atoms with Gasteiger partial charge in [0, 0.05) is 44.4 Å². The average Bonchev–Trinajstić information content (AvgIpc) is 2.71. The van der Waals surface area contributed by atoms with Gasteiger partial charge in [0.05, 0.1) is 11.7 Å². The Bertz CT molecular complexity index is 605. The topological polar surface area (TPSA) is 53.0 Å². The van der Waals surface area contributed by atoms with Gasteiger partial charge in [-0.1, -0.05) is 18.2 Å². The lowest BCUT2D eigenvalue weighted by molar-refractivity contribution is -0.179. The van der Waals surface area contributed by atoms with E-state index in [1.54, 1.807) is 0 Å². The molecule has 1 N–H and O–H groups in total. The summed E-state index contributed by atoms with van der Waals surface area (Å²) in [5, 5.41) is 10.4. The largest absolute Gasteiger partial charge is 0.390 e. The van der Waals surface area contributed by atoms with Crippen molar-refractivity contribution in [1.82, 2.24) is 9.80 Å². The predicted octanol–water partition coefficient (Wildman–Crippen LogP) is 2.30. The first-order chi connectivity index (χ1) is 12.7. The third-order valence-corrected chi connectivity index (χ3v) is 6.55.